The van der Waals surface area contributed by atoms with Crippen LogP contribution in [0.25, 0.3) is 0 Å². The molecule has 0 aliphatic carbocycles. The Bertz CT molecular complexity index is 890. The summed E-state index contributed by atoms with van der Waals surface area (Å²) in [6, 6.07) is 6.00. The topological polar surface area (TPSA) is 90.0 Å². The highest BCUT2D eigenvalue weighted by molar-refractivity contribution is 7.88. The van der Waals surface area contributed by atoms with Gasteiger partial charge in [0, 0.05) is 49.6 Å². The maximum atomic E-state index is 13.4. The predicted octanol–water partition coefficient (Wildman–Crippen LogP) is 1.59. The molecule has 0 spiro atoms. The smallest absolute Gasteiger partial charge is 0.245 e. The van der Waals surface area contributed by atoms with Gasteiger partial charge in [-0.1, -0.05) is 23.7 Å². The molecular weight excluding hydrogens is 452 g/mol. The van der Waals surface area contributed by atoms with E-state index >= 15 is 0 Å². The highest BCUT2D eigenvalue weighted by atomic mass is 35.5. The van der Waals surface area contributed by atoms with E-state index in [1.165, 1.54) is 10.6 Å². The third kappa shape index (κ3) is 7.72. The molecule has 0 aromatic heterocycles. The summed E-state index contributed by atoms with van der Waals surface area (Å²) in [6.07, 6.45) is 2.39. The quantitative estimate of drug-likeness (QED) is 0.542. The molecule has 0 saturated carbocycles. The first-order valence-electron chi connectivity index (χ1n) is 10.8. The lowest BCUT2D eigenvalue weighted by Gasteiger charge is -2.30. The molecule has 2 rings (SSSR count). The Hall–Kier alpha value is -1.68. The zero-order chi connectivity index (χ0) is 24.1. The second kappa shape index (κ2) is 11.4. The first-order valence-corrected chi connectivity index (χ1v) is 13.1. The number of sulfonamides is 1. The molecule has 8 nitrogen and oxygen atoms in total. The Morgan fingerprint density at radius 3 is 2.38 bits per heavy atom. The molecule has 2 unspecified atom stereocenters. The first kappa shape index (κ1) is 26.6. The maximum absolute atomic E-state index is 13.4. The van der Waals surface area contributed by atoms with Crippen LogP contribution in [0.2, 0.25) is 5.02 Å². The highest BCUT2D eigenvalue weighted by Gasteiger charge is 2.38. The Labute approximate surface area is 196 Å². The number of hydrogen-bond acceptors (Lipinski definition) is 5. The van der Waals surface area contributed by atoms with Crippen molar-refractivity contribution in [2.24, 2.45) is 0 Å². The average Bonchev–Trinajstić information content (AvgIpc) is 3.14. The van der Waals surface area contributed by atoms with Crippen LogP contribution >= 0.6 is 11.6 Å². The Balaban J connectivity index is 2.16. The van der Waals surface area contributed by atoms with Gasteiger partial charge in [0.05, 0.1) is 6.26 Å². The summed E-state index contributed by atoms with van der Waals surface area (Å²) in [5.74, 6) is -0.389. The number of amides is 2. The van der Waals surface area contributed by atoms with Gasteiger partial charge in [0.15, 0.2) is 0 Å². The molecule has 2 atom stereocenters. The van der Waals surface area contributed by atoms with E-state index in [2.05, 4.69) is 5.32 Å². The van der Waals surface area contributed by atoms with Crippen molar-refractivity contribution in [3.8, 4) is 0 Å². The Morgan fingerprint density at radius 2 is 1.84 bits per heavy atom. The van der Waals surface area contributed by atoms with E-state index in [1.807, 2.05) is 45.0 Å². The fourth-order valence-corrected chi connectivity index (χ4v) is 5.70. The molecule has 180 valence electrons. The van der Waals surface area contributed by atoms with Gasteiger partial charge >= 0.3 is 0 Å². The number of nitrogens with zero attached hydrogens (tertiary/aromatic N) is 3. The molecule has 1 aliphatic rings. The van der Waals surface area contributed by atoms with Gasteiger partial charge in [-0.05, 0) is 52.1 Å². The normalized spacial score (nSPS) is 17.9. The highest BCUT2D eigenvalue weighted by Crippen LogP contribution is 2.22. The second-order valence-corrected chi connectivity index (χ2v) is 11.2. The molecule has 1 N–H and O–H groups in total. The van der Waals surface area contributed by atoms with Gasteiger partial charge in [-0.15, -0.1) is 0 Å². The van der Waals surface area contributed by atoms with Crippen molar-refractivity contribution in [3.63, 3.8) is 0 Å². The van der Waals surface area contributed by atoms with Crippen LogP contribution < -0.4 is 5.32 Å². The average molecular weight is 487 g/mol. The molecule has 2 amide bonds. The maximum Gasteiger partial charge on any atom is 0.245 e. The third-order valence-corrected chi connectivity index (χ3v) is 7.24. The zero-order valence-electron chi connectivity index (χ0n) is 19.5. The van der Waals surface area contributed by atoms with Gasteiger partial charge in [0.1, 0.15) is 6.04 Å². The van der Waals surface area contributed by atoms with Crippen LogP contribution in [0.4, 0.5) is 0 Å². The standard InChI is InChI=1S/C22H35ClN4O4S/c1-16(2)27(32(5,30)31)19-10-13-26(15-19)22(29)20(24-21(28)11-12-25(3)4)14-17-6-8-18(23)9-7-17/h6-9,16,19-20H,10-15H2,1-5H3,(H,24,28). The summed E-state index contributed by atoms with van der Waals surface area (Å²) in [5.41, 5.74) is 0.886. The van der Waals surface area contributed by atoms with Gasteiger partial charge in [-0.25, -0.2) is 8.42 Å². The van der Waals surface area contributed by atoms with Crippen LogP contribution in [0.5, 0.6) is 0 Å². The van der Waals surface area contributed by atoms with Crippen molar-refractivity contribution >= 4 is 33.4 Å². The number of nitrogens with one attached hydrogen (secondary N) is 1. The van der Waals surface area contributed by atoms with E-state index in [9.17, 15) is 18.0 Å². The summed E-state index contributed by atoms with van der Waals surface area (Å²) in [4.78, 5) is 29.5. The lowest BCUT2D eigenvalue weighted by atomic mass is 10.0. The summed E-state index contributed by atoms with van der Waals surface area (Å²) >= 11 is 5.97. The number of halogens is 1. The molecular formula is C22H35ClN4O4S. The van der Waals surface area contributed by atoms with Crippen molar-refractivity contribution in [1.82, 2.24) is 19.4 Å². The predicted molar refractivity (Wildman–Crippen MR) is 127 cm³/mol. The number of benzene rings is 1. The van der Waals surface area contributed by atoms with Crippen molar-refractivity contribution in [1.29, 1.82) is 0 Å². The minimum Gasteiger partial charge on any atom is -0.344 e. The lowest BCUT2D eigenvalue weighted by Crippen LogP contribution is -2.51. The summed E-state index contributed by atoms with van der Waals surface area (Å²) < 4.78 is 26.0. The Morgan fingerprint density at radius 1 is 1.22 bits per heavy atom. The SMILES string of the molecule is CC(C)N(C1CCN(C(=O)C(Cc2ccc(Cl)cc2)NC(=O)CCN(C)C)C1)S(C)(=O)=O. The first-order chi connectivity index (χ1) is 14.9. The van der Waals surface area contributed by atoms with Crippen LogP contribution in [-0.2, 0) is 26.0 Å². The van der Waals surface area contributed by atoms with Gasteiger partial charge < -0.3 is 15.1 Å². The number of carbonyl (C=O) groups excluding carboxylic acids is 2. The van der Waals surface area contributed by atoms with Gasteiger partial charge in [0.2, 0.25) is 21.8 Å². The van der Waals surface area contributed by atoms with Gasteiger partial charge in [-0.2, -0.15) is 4.31 Å². The molecule has 0 bridgehead atoms. The molecule has 10 heteroatoms. The van der Waals surface area contributed by atoms with E-state index in [0.29, 0.717) is 37.5 Å². The van der Waals surface area contributed by atoms with E-state index in [0.717, 1.165) is 5.56 Å². The minimum atomic E-state index is -3.40. The van der Waals surface area contributed by atoms with Crippen LogP contribution in [0.15, 0.2) is 24.3 Å². The zero-order valence-corrected chi connectivity index (χ0v) is 21.1. The van der Waals surface area contributed by atoms with Crippen molar-refractivity contribution in [2.45, 2.75) is 51.2 Å². The molecule has 1 heterocycles. The van der Waals surface area contributed by atoms with E-state index in [4.69, 9.17) is 11.6 Å². The molecule has 1 aliphatic heterocycles. The minimum absolute atomic E-state index is 0.193. The van der Waals surface area contributed by atoms with Crippen molar-refractivity contribution < 1.29 is 18.0 Å². The molecule has 1 saturated heterocycles. The number of carbonyl (C=O) groups is 2. The van der Waals surface area contributed by atoms with Crippen molar-refractivity contribution in [3.05, 3.63) is 34.9 Å². The second-order valence-electron chi connectivity index (χ2n) is 8.92. The monoisotopic (exact) mass is 486 g/mol. The van der Waals surface area contributed by atoms with E-state index in [1.54, 1.807) is 17.0 Å². The summed E-state index contributed by atoms with van der Waals surface area (Å²) in [6.45, 7) is 5.01. The van der Waals surface area contributed by atoms with E-state index < -0.39 is 16.1 Å². The Kier molecular flexibility index (Phi) is 9.51. The van der Waals surface area contributed by atoms with Crippen LogP contribution in [0, 0.1) is 0 Å². The molecule has 1 fully saturated rings. The van der Waals surface area contributed by atoms with Gasteiger partial charge in [0.25, 0.3) is 0 Å². The summed E-state index contributed by atoms with van der Waals surface area (Å²) in [7, 11) is 0.375. The van der Waals surface area contributed by atoms with Crippen LogP contribution in [-0.4, -0.2) is 92.4 Å². The fourth-order valence-electron chi connectivity index (χ4n) is 4.09. The molecule has 0 radical (unpaired) electrons. The number of rotatable bonds is 10. The lowest BCUT2D eigenvalue weighted by molar-refractivity contribution is -0.135. The number of likely N-dealkylation sites (tertiary alicyclic amines) is 1. The number of hydrogen-bond donors (Lipinski definition) is 1. The van der Waals surface area contributed by atoms with Gasteiger partial charge in [-0.3, -0.25) is 9.59 Å². The molecule has 32 heavy (non-hydrogen) atoms. The molecule has 1 aromatic rings. The largest absolute Gasteiger partial charge is 0.344 e. The van der Waals surface area contributed by atoms with Crippen LogP contribution in [0.3, 0.4) is 0 Å². The molecule has 1 aromatic carbocycles. The fraction of sp³-hybridized carbons (Fsp3) is 0.636. The van der Waals surface area contributed by atoms with Crippen molar-refractivity contribution in [2.75, 3.05) is 40.0 Å². The summed E-state index contributed by atoms with van der Waals surface area (Å²) in [5, 5.41) is 3.49. The van der Waals surface area contributed by atoms with Crippen LogP contribution in [0.1, 0.15) is 32.3 Å². The van der Waals surface area contributed by atoms with E-state index in [-0.39, 0.29) is 30.3 Å². The third-order valence-electron chi connectivity index (χ3n) is 5.50.